The highest BCUT2D eigenvalue weighted by atomic mass is 16.4. The molecule has 1 aromatic carbocycles. The predicted molar refractivity (Wildman–Crippen MR) is 87.3 cm³/mol. The minimum Gasteiger partial charge on any atom is -0.481 e. The molecule has 2 rings (SSSR count). The molecule has 22 heavy (non-hydrogen) atoms. The summed E-state index contributed by atoms with van der Waals surface area (Å²) in [6.45, 7) is 5.77. The summed E-state index contributed by atoms with van der Waals surface area (Å²) < 4.78 is 0. The van der Waals surface area contributed by atoms with E-state index in [9.17, 15) is 9.59 Å². The summed E-state index contributed by atoms with van der Waals surface area (Å²) in [4.78, 5) is 27.1. The minimum absolute atomic E-state index is 0.0537. The van der Waals surface area contributed by atoms with Crippen molar-refractivity contribution in [2.75, 3.05) is 29.4 Å². The number of carboxylic acid groups (broad SMARTS) is 1. The molecule has 0 radical (unpaired) electrons. The van der Waals surface area contributed by atoms with Crippen molar-refractivity contribution in [2.24, 2.45) is 5.92 Å². The van der Waals surface area contributed by atoms with E-state index in [1.165, 1.54) is 12.8 Å². The number of carboxylic acids is 1. The van der Waals surface area contributed by atoms with E-state index in [1.807, 2.05) is 24.3 Å². The topological polar surface area (TPSA) is 60.9 Å². The summed E-state index contributed by atoms with van der Waals surface area (Å²) >= 11 is 0. The van der Waals surface area contributed by atoms with Crippen LogP contribution in [0.15, 0.2) is 24.3 Å². The first-order valence-corrected chi connectivity index (χ1v) is 7.91. The van der Waals surface area contributed by atoms with Crippen LogP contribution in [0.5, 0.6) is 0 Å². The van der Waals surface area contributed by atoms with Gasteiger partial charge in [-0.15, -0.1) is 0 Å². The average molecular weight is 304 g/mol. The zero-order chi connectivity index (χ0) is 16.1. The highest BCUT2D eigenvalue weighted by Crippen LogP contribution is 2.25. The van der Waals surface area contributed by atoms with Crippen LogP contribution < -0.4 is 9.80 Å². The monoisotopic (exact) mass is 304 g/mol. The van der Waals surface area contributed by atoms with E-state index in [0.717, 1.165) is 24.5 Å². The molecule has 0 bridgehead atoms. The van der Waals surface area contributed by atoms with Gasteiger partial charge >= 0.3 is 5.97 Å². The molecule has 1 fully saturated rings. The lowest BCUT2D eigenvalue weighted by molar-refractivity contribution is -0.140. The first-order chi connectivity index (χ1) is 10.5. The number of rotatable bonds is 6. The molecule has 1 heterocycles. The zero-order valence-corrected chi connectivity index (χ0v) is 13.3. The maximum atomic E-state index is 12.1. The Bertz CT molecular complexity index is 521. The van der Waals surface area contributed by atoms with Gasteiger partial charge < -0.3 is 14.9 Å². The van der Waals surface area contributed by atoms with Gasteiger partial charge in [0, 0.05) is 37.4 Å². The number of hydrogen-bond donors (Lipinski definition) is 1. The van der Waals surface area contributed by atoms with E-state index in [2.05, 4.69) is 4.90 Å². The van der Waals surface area contributed by atoms with Crippen LogP contribution in [-0.4, -0.2) is 36.6 Å². The lowest BCUT2D eigenvalue weighted by Crippen LogP contribution is -2.36. The molecule has 1 amide bonds. The fraction of sp³-hybridized carbons (Fsp3) is 0.529. The Labute approximate surface area is 131 Å². The highest BCUT2D eigenvalue weighted by molar-refractivity contribution is 5.94. The molecular weight excluding hydrogens is 280 g/mol. The Morgan fingerprint density at radius 1 is 1.23 bits per heavy atom. The average Bonchev–Trinajstić information content (AvgIpc) is 3.06. The quantitative estimate of drug-likeness (QED) is 0.878. The number of hydrogen-bond acceptors (Lipinski definition) is 3. The first kappa shape index (κ1) is 16.3. The number of carbonyl (C=O) groups is 2. The second-order valence-corrected chi connectivity index (χ2v) is 5.81. The first-order valence-electron chi connectivity index (χ1n) is 7.91. The molecule has 1 N–H and O–H groups in total. The predicted octanol–water partition coefficient (Wildman–Crippen LogP) is 2.75. The third-order valence-electron chi connectivity index (χ3n) is 4.11. The van der Waals surface area contributed by atoms with Gasteiger partial charge in [0.2, 0.25) is 5.91 Å². The number of carbonyl (C=O) groups excluding carboxylic acids is 1. The molecule has 5 nitrogen and oxygen atoms in total. The molecule has 0 saturated carbocycles. The van der Waals surface area contributed by atoms with E-state index in [0.29, 0.717) is 6.42 Å². The molecule has 0 spiro atoms. The summed E-state index contributed by atoms with van der Waals surface area (Å²) in [5.74, 6) is -1.53. The van der Waals surface area contributed by atoms with Crippen LogP contribution in [-0.2, 0) is 9.59 Å². The summed E-state index contributed by atoms with van der Waals surface area (Å²) in [7, 11) is 0. The Morgan fingerprint density at radius 2 is 1.82 bits per heavy atom. The molecule has 1 aromatic rings. The summed E-state index contributed by atoms with van der Waals surface area (Å²) in [6.07, 6.45) is 2.80. The van der Waals surface area contributed by atoms with Gasteiger partial charge in [0.05, 0.1) is 5.92 Å². The fourth-order valence-corrected chi connectivity index (χ4v) is 2.71. The molecule has 5 heteroatoms. The van der Waals surface area contributed by atoms with Gasteiger partial charge in [-0.25, -0.2) is 0 Å². The maximum Gasteiger partial charge on any atom is 0.308 e. The Morgan fingerprint density at radius 3 is 2.32 bits per heavy atom. The summed E-state index contributed by atoms with van der Waals surface area (Å²) in [5, 5.41) is 9.08. The van der Waals surface area contributed by atoms with Gasteiger partial charge in [-0.1, -0.05) is 13.8 Å². The molecule has 1 aliphatic rings. The van der Waals surface area contributed by atoms with Crippen LogP contribution in [0.25, 0.3) is 0 Å². The van der Waals surface area contributed by atoms with Crippen molar-refractivity contribution in [3.8, 4) is 0 Å². The summed E-state index contributed by atoms with van der Waals surface area (Å²) in [6, 6.07) is 7.86. The Kier molecular flexibility index (Phi) is 5.41. The van der Waals surface area contributed by atoms with Crippen molar-refractivity contribution in [3.63, 3.8) is 0 Å². The van der Waals surface area contributed by atoms with E-state index in [-0.39, 0.29) is 12.5 Å². The third-order valence-corrected chi connectivity index (χ3v) is 4.11. The highest BCUT2D eigenvalue weighted by Gasteiger charge is 2.21. The number of aliphatic carboxylic acids is 1. The van der Waals surface area contributed by atoms with Crippen molar-refractivity contribution >= 4 is 23.3 Å². The molecular formula is C17H24N2O3. The SMILES string of the molecule is CCC(=O)N(CC(C)C(=O)O)c1ccc(N2CCCC2)cc1. The molecule has 0 aliphatic carbocycles. The largest absolute Gasteiger partial charge is 0.481 e. The van der Waals surface area contributed by atoms with E-state index >= 15 is 0 Å². The van der Waals surface area contributed by atoms with Crippen molar-refractivity contribution in [1.82, 2.24) is 0 Å². The molecule has 1 aliphatic heterocycles. The molecule has 120 valence electrons. The van der Waals surface area contributed by atoms with Gasteiger partial charge in [-0.05, 0) is 37.1 Å². The summed E-state index contributed by atoms with van der Waals surface area (Å²) in [5.41, 5.74) is 1.93. The van der Waals surface area contributed by atoms with Crippen molar-refractivity contribution in [2.45, 2.75) is 33.1 Å². The van der Waals surface area contributed by atoms with Gasteiger partial charge in [-0.3, -0.25) is 9.59 Å². The lowest BCUT2D eigenvalue weighted by Gasteiger charge is -2.25. The van der Waals surface area contributed by atoms with Crippen molar-refractivity contribution in [3.05, 3.63) is 24.3 Å². The normalized spacial score (nSPS) is 15.6. The second kappa shape index (κ2) is 7.29. The van der Waals surface area contributed by atoms with Crippen LogP contribution in [0.2, 0.25) is 0 Å². The fourth-order valence-electron chi connectivity index (χ4n) is 2.71. The van der Waals surface area contributed by atoms with Gasteiger partial charge in [-0.2, -0.15) is 0 Å². The van der Waals surface area contributed by atoms with E-state index in [4.69, 9.17) is 5.11 Å². The molecule has 0 aromatic heterocycles. The minimum atomic E-state index is -0.886. The Hall–Kier alpha value is -2.04. The van der Waals surface area contributed by atoms with Crippen molar-refractivity contribution < 1.29 is 14.7 Å². The van der Waals surface area contributed by atoms with Gasteiger partial charge in [0.25, 0.3) is 0 Å². The molecule has 1 atom stereocenters. The van der Waals surface area contributed by atoms with E-state index in [1.54, 1.807) is 18.7 Å². The van der Waals surface area contributed by atoms with Crippen LogP contribution in [0, 0.1) is 5.92 Å². The van der Waals surface area contributed by atoms with Gasteiger partial charge in [0.1, 0.15) is 0 Å². The Balaban J connectivity index is 2.16. The lowest BCUT2D eigenvalue weighted by atomic mass is 10.1. The smallest absolute Gasteiger partial charge is 0.308 e. The van der Waals surface area contributed by atoms with Crippen molar-refractivity contribution in [1.29, 1.82) is 0 Å². The zero-order valence-electron chi connectivity index (χ0n) is 13.3. The van der Waals surface area contributed by atoms with E-state index < -0.39 is 11.9 Å². The number of nitrogens with zero attached hydrogens (tertiary/aromatic N) is 2. The van der Waals surface area contributed by atoms with Crippen LogP contribution in [0.4, 0.5) is 11.4 Å². The van der Waals surface area contributed by atoms with Gasteiger partial charge in [0.15, 0.2) is 0 Å². The third kappa shape index (κ3) is 3.78. The van der Waals surface area contributed by atoms with Crippen LogP contribution >= 0.6 is 0 Å². The van der Waals surface area contributed by atoms with Crippen LogP contribution in [0.1, 0.15) is 33.1 Å². The second-order valence-electron chi connectivity index (χ2n) is 5.81. The standard InChI is InChI=1S/C17H24N2O3/c1-3-16(20)19(12-13(2)17(21)22)15-8-6-14(7-9-15)18-10-4-5-11-18/h6-9,13H,3-5,10-12H2,1-2H3,(H,21,22). The maximum absolute atomic E-state index is 12.1. The number of amides is 1. The number of anilines is 2. The van der Waals surface area contributed by atoms with Crippen LogP contribution in [0.3, 0.4) is 0 Å². The molecule has 1 unspecified atom stereocenters. The number of benzene rings is 1. The molecule has 1 saturated heterocycles.